The van der Waals surface area contributed by atoms with Gasteiger partial charge in [-0.15, -0.1) is 0 Å². The van der Waals surface area contributed by atoms with Gasteiger partial charge in [-0.25, -0.2) is 0 Å². The molecule has 1 N–H and O–H groups in total. The first kappa shape index (κ1) is 17.8. The van der Waals surface area contributed by atoms with Crippen molar-refractivity contribution in [3.05, 3.63) is 28.5 Å². The molecule has 0 fully saturated rings. The van der Waals surface area contributed by atoms with E-state index >= 15 is 0 Å². The maximum absolute atomic E-state index is 6.43. The lowest BCUT2D eigenvalue weighted by Gasteiger charge is -2.30. The summed E-state index contributed by atoms with van der Waals surface area (Å²) in [5, 5.41) is 6.84. The predicted octanol–water partition coefficient (Wildman–Crippen LogP) is 5.12. The van der Waals surface area contributed by atoms with Crippen molar-refractivity contribution in [2.45, 2.75) is 65.8 Å². The highest BCUT2D eigenvalue weighted by atomic mass is 28.4. The zero-order valence-electron chi connectivity index (χ0n) is 16.4. The van der Waals surface area contributed by atoms with Gasteiger partial charge in [0.1, 0.15) is 5.75 Å². The molecule has 3 nitrogen and oxygen atoms in total. The van der Waals surface area contributed by atoms with Gasteiger partial charge in [0.2, 0.25) is 16.6 Å². The van der Waals surface area contributed by atoms with Crippen molar-refractivity contribution in [1.82, 2.24) is 0 Å². The standard InChI is InChI=1S/C19H31NO2Si2/c1-9-21-24(8)15-12-13-10-11-14(22-23(5,6)7)17(16(13)18(15)24)20-19(2,3)4/h10-11,20H,9,12H2,1-8H3. The molecule has 0 radical (unpaired) electrons. The van der Waals surface area contributed by atoms with Crippen LogP contribution in [0.1, 0.15) is 38.8 Å². The van der Waals surface area contributed by atoms with E-state index in [4.69, 9.17) is 8.85 Å². The summed E-state index contributed by atoms with van der Waals surface area (Å²) < 4.78 is 12.6. The van der Waals surface area contributed by atoms with Crippen LogP contribution in [-0.4, -0.2) is 28.8 Å². The molecule has 3 rings (SSSR count). The van der Waals surface area contributed by atoms with Gasteiger partial charge in [-0.3, -0.25) is 0 Å². The van der Waals surface area contributed by atoms with Gasteiger partial charge >= 0.3 is 0 Å². The summed E-state index contributed by atoms with van der Waals surface area (Å²) in [5.74, 6) is 1.01. The molecule has 0 bridgehead atoms. The van der Waals surface area contributed by atoms with E-state index < -0.39 is 16.6 Å². The molecule has 0 aromatic heterocycles. The van der Waals surface area contributed by atoms with Crippen LogP contribution in [0.15, 0.2) is 17.3 Å². The van der Waals surface area contributed by atoms with E-state index in [0.29, 0.717) is 0 Å². The molecule has 24 heavy (non-hydrogen) atoms. The highest BCUT2D eigenvalue weighted by Crippen LogP contribution is 2.60. The maximum atomic E-state index is 6.43. The summed E-state index contributed by atoms with van der Waals surface area (Å²) >= 11 is 0. The second kappa shape index (κ2) is 5.48. The minimum absolute atomic E-state index is 0.00551. The first-order valence-corrected chi connectivity index (χ1v) is 14.8. The Morgan fingerprint density at radius 2 is 1.88 bits per heavy atom. The molecule has 132 valence electrons. The number of allylic oxidation sites excluding steroid dienone is 1. The average Bonchev–Trinajstić information content (AvgIpc) is 2.79. The van der Waals surface area contributed by atoms with Crippen molar-refractivity contribution in [3.8, 4) is 5.75 Å². The SMILES string of the molecule is CCO[Si]1(C)C2=C1c1c(ccc(O[Si](C)(C)C)c1NC(C)(C)C)C2. The Kier molecular flexibility index (Phi) is 4.05. The second-order valence-electron chi connectivity index (χ2n) is 9.06. The fourth-order valence-corrected chi connectivity index (χ4v) is 8.28. The molecule has 0 amide bonds. The molecule has 0 saturated heterocycles. The zero-order chi connectivity index (χ0) is 17.9. The van der Waals surface area contributed by atoms with Crippen molar-refractivity contribution < 1.29 is 8.85 Å². The quantitative estimate of drug-likeness (QED) is 0.738. The first-order valence-electron chi connectivity index (χ1n) is 8.98. The summed E-state index contributed by atoms with van der Waals surface area (Å²) in [6, 6.07) is 4.42. The Bertz CT molecular complexity index is 713. The number of rotatable bonds is 5. The van der Waals surface area contributed by atoms with Crippen LogP contribution in [0.4, 0.5) is 5.69 Å². The van der Waals surface area contributed by atoms with E-state index in [9.17, 15) is 0 Å². The van der Waals surface area contributed by atoms with Crippen molar-refractivity contribution in [2.75, 3.05) is 11.9 Å². The van der Waals surface area contributed by atoms with Crippen LogP contribution in [0.3, 0.4) is 0 Å². The van der Waals surface area contributed by atoms with Gasteiger partial charge in [-0.05, 0) is 82.3 Å². The molecular weight excluding hydrogens is 330 g/mol. The summed E-state index contributed by atoms with van der Waals surface area (Å²) in [4.78, 5) is 0. The highest BCUT2D eigenvalue weighted by Gasteiger charge is 2.58. The number of nitrogens with one attached hydrogen (secondary N) is 1. The van der Waals surface area contributed by atoms with Crippen LogP contribution < -0.4 is 9.74 Å². The molecule has 1 aromatic carbocycles. The molecule has 5 heteroatoms. The average molecular weight is 362 g/mol. The zero-order valence-corrected chi connectivity index (χ0v) is 18.4. The van der Waals surface area contributed by atoms with Gasteiger partial charge in [-0.2, -0.15) is 0 Å². The fraction of sp³-hybridized carbons (Fsp3) is 0.579. The Hall–Kier alpha value is -1.05. The lowest BCUT2D eigenvalue weighted by atomic mass is 10.0. The molecule has 1 aromatic rings. The van der Waals surface area contributed by atoms with E-state index in [1.165, 1.54) is 22.0 Å². The largest absolute Gasteiger partial charge is 0.543 e. The van der Waals surface area contributed by atoms with Gasteiger partial charge in [-0.1, -0.05) is 6.07 Å². The summed E-state index contributed by atoms with van der Waals surface area (Å²) in [5.41, 5.74) is 4.00. The van der Waals surface area contributed by atoms with Crippen LogP contribution >= 0.6 is 0 Å². The number of fused-ring (bicyclic) bond motifs is 2. The summed E-state index contributed by atoms with van der Waals surface area (Å²) in [7, 11) is -3.42. The van der Waals surface area contributed by atoms with E-state index in [2.05, 4.69) is 71.3 Å². The smallest absolute Gasteiger partial charge is 0.249 e. The Labute approximate surface area is 148 Å². The molecule has 0 spiro atoms. The molecule has 1 aliphatic carbocycles. The predicted molar refractivity (Wildman–Crippen MR) is 108 cm³/mol. The first-order chi connectivity index (χ1) is 11.0. The van der Waals surface area contributed by atoms with Crippen LogP contribution in [0.2, 0.25) is 26.2 Å². The van der Waals surface area contributed by atoms with Gasteiger partial charge in [0, 0.05) is 17.7 Å². The third-order valence-electron chi connectivity index (χ3n) is 4.51. The molecule has 0 saturated carbocycles. The third kappa shape index (κ3) is 3.09. The highest BCUT2D eigenvalue weighted by molar-refractivity contribution is 7.10. The van der Waals surface area contributed by atoms with Gasteiger partial charge < -0.3 is 14.2 Å². The van der Waals surface area contributed by atoms with Crippen molar-refractivity contribution in [2.24, 2.45) is 0 Å². The van der Waals surface area contributed by atoms with Crippen molar-refractivity contribution in [3.63, 3.8) is 0 Å². The fourth-order valence-electron chi connectivity index (χ4n) is 3.68. The van der Waals surface area contributed by atoms with E-state index in [0.717, 1.165) is 18.8 Å². The Morgan fingerprint density at radius 1 is 1.21 bits per heavy atom. The number of hydrogen-bond acceptors (Lipinski definition) is 3. The topological polar surface area (TPSA) is 30.5 Å². The molecule has 1 unspecified atom stereocenters. The van der Waals surface area contributed by atoms with Crippen molar-refractivity contribution in [1.29, 1.82) is 0 Å². The summed E-state index contributed by atoms with van der Waals surface area (Å²) in [6.45, 7) is 18.6. The van der Waals surface area contributed by atoms with Crippen LogP contribution in [-0.2, 0) is 10.8 Å². The van der Waals surface area contributed by atoms with Gasteiger partial charge in [0.15, 0.2) is 0 Å². The molecule has 1 heterocycles. The molecule has 1 aliphatic heterocycles. The third-order valence-corrected chi connectivity index (χ3v) is 9.04. The lowest BCUT2D eigenvalue weighted by Crippen LogP contribution is -2.33. The van der Waals surface area contributed by atoms with Crippen LogP contribution in [0.25, 0.3) is 5.20 Å². The minimum Gasteiger partial charge on any atom is -0.543 e. The van der Waals surface area contributed by atoms with E-state index in [-0.39, 0.29) is 5.54 Å². The lowest BCUT2D eigenvalue weighted by molar-refractivity contribution is 0.346. The van der Waals surface area contributed by atoms with Gasteiger partial charge in [0.25, 0.3) is 0 Å². The van der Waals surface area contributed by atoms with E-state index in [1.54, 1.807) is 5.20 Å². The number of hydrogen-bond donors (Lipinski definition) is 1. The van der Waals surface area contributed by atoms with E-state index in [1.807, 2.05) is 0 Å². The van der Waals surface area contributed by atoms with Crippen LogP contribution in [0, 0.1) is 0 Å². The molecule has 2 aliphatic rings. The number of anilines is 1. The van der Waals surface area contributed by atoms with Gasteiger partial charge in [0.05, 0.1) is 5.69 Å². The maximum Gasteiger partial charge on any atom is 0.249 e. The Balaban J connectivity index is 2.07. The number of benzene rings is 1. The van der Waals surface area contributed by atoms with Crippen molar-refractivity contribution >= 4 is 27.5 Å². The second-order valence-corrected chi connectivity index (χ2v) is 16.9. The normalized spacial score (nSPS) is 22.3. The monoisotopic (exact) mass is 361 g/mol. The Morgan fingerprint density at radius 3 is 2.42 bits per heavy atom. The summed E-state index contributed by atoms with van der Waals surface area (Å²) in [6.07, 6.45) is 1.07. The molecule has 1 atom stereocenters. The van der Waals surface area contributed by atoms with Crippen LogP contribution in [0.5, 0.6) is 5.75 Å². The minimum atomic E-state index is -1.74. The molecular formula is C19H31NO2Si2.